The molecular weight excluding hydrogens is 305 g/mol. The second kappa shape index (κ2) is 7.02. The van der Waals surface area contributed by atoms with Crippen LogP contribution in [-0.2, 0) is 11.0 Å². The summed E-state index contributed by atoms with van der Waals surface area (Å²) < 4.78 is 38.1. The minimum absolute atomic E-state index is 0.00439. The maximum absolute atomic E-state index is 12.7. The third-order valence-corrected chi connectivity index (χ3v) is 3.44. The van der Waals surface area contributed by atoms with E-state index in [0.29, 0.717) is 0 Å². The summed E-state index contributed by atoms with van der Waals surface area (Å²) >= 11 is 5.52. The van der Waals surface area contributed by atoms with Crippen LogP contribution in [0.4, 0.5) is 18.9 Å². The fourth-order valence-electron chi connectivity index (χ4n) is 1.51. The van der Waals surface area contributed by atoms with Crippen molar-refractivity contribution >= 4 is 23.2 Å². The van der Waals surface area contributed by atoms with Gasteiger partial charge in [0.15, 0.2) is 0 Å². The Morgan fingerprint density at radius 3 is 2.43 bits per heavy atom. The molecule has 0 aliphatic rings. The van der Waals surface area contributed by atoms with Gasteiger partial charge in [-0.05, 0) is 31.0 Å². The molecule has 21 heavy (non-hydrogen) atoms. The monoisotopic (exact) mass is 322 g/mol. The molecule has 0 aliphatic heterocycles. The van der Waals surface area contributed by atoms with E-state index in [9.17, 15) is 18.0 Å². The number of nitrogens with one attached hydrogen (secondary N) is 2. The minimum Gasteiger partial charge on any atom is -0.376 e. The highest BCUT2D eigenvalue weighted by molar-refractivity contribution is 6.31. The lowest BCUT2D eigenvalue weighted by Gasteiger charge is -2.18. The summed E-state index contributed by atoms with van der Waals surface area (Å²) in [5.74, 6) is 0.000947. The van der Waals surface area contributed by atoms with Gasteiger partial charge < -0.3 is 10.6 Å². The van der Waals surface area contributed by atoms with Gasteiger partial charge in [0.25, 0.3) is 0 Å². The molecule has 7 heteroatoms. The lowest BCUT2D eigenvalue weighted by Crippen LogP contribution is -2.39. The minimum atomic E-state index is -4.52. The number of carbonyl (C=O) groups excluding carboxylic acids is 1. The summed E-state index contributed by atoms with van der Waals surface area (Å²) in [4.78, 5) is 11.7. The van der Waals surface area contributed by atoms with Crippen molar-refractivity contribution in [3.8, 4) is 0 Å². The van der Waals surface area contributed by atoms with E-state index in [1.807, 2.05) is 20.8 Å². The number of amides is 1. The Hall–Kier alpha value is -1.43. The third-order valence-electron chi connectivity index (χ3n) is 3.11. The topological polar surface area (TPSA) is 41.1 Å². The lowest BCUT2D eigenvalue weighted by molar-refractivity contribution is -0.137. The Morgan fingerprint density at radius 1 is 1.29 bits per heavy atom. The predicted octanol–water partition coefficient (Wildman–Crippen LogP) is 3.93. The zero-order valence-corrected chi connectivity index (χ0v) is 12.8. The van der Waals surface area contributed by atoms with Crippen LogP contribution in [0.5, 0.6) is 0 Å². The molecule has 0 saturated heterocycles. The van der Waals surface area contributed by atoms with Crippen molar-refractivity contribution in [2.75, 3.05) is 11.9 Å². The number of hydrogen-bond donors (Lipinski definition) is 2. The molecule has 0 aromatic heterocycles. The normalized spacial score (nSPS) is 13.1. The molecule has 2 N–H and O–H groups in total. The van der Waals surface area contributed by atoms with Gasteiger partial charge in [0.2, 0.25) is 5.91 Å². The number of benzene rings is 1. The van der Waals surface area contributed by atoms with Crippen molar-refractivity contribution in [3.63, 3.8) is 0 Å². The first-order chi connectivity index (χ1) is 9.61. The van der Waals surface area contributed by atoms with Crippen LogP contribution in [0, 0.1) is 5.92 Å². The molecule has 118 valence electrons. The van der Waals surface area contributed by atoms with Crippen LogP contribution in [0.25, 0.3) is 0 Å². The molecule has 1 aromatic carbocycles. The molecule has 0 radical (unpaired) electrons. The quantitative estimate of drug-likeness (QED) is 0.862. The largest absolute Gasteiger partial charge is 0.417 e. The second-order valence-electron chi connectivity index (χ2n) is 5.15. The van der Waals surface area contributed by atoms with Crippen molar-refractivity contribution < 1.29 is 18.0 Å². The number of alkyl halides is 3. The van der Waals surface area contributed by atoms with E-state index >= 15 is 0 Å². The van der Waals surface area contributed by atoms with E-state index < -0.39 is 11.7 Å². The Labute approximate surface area is 126 Å². The summed E-state index contributed by atoms with van der Waals surface area (Å²) in [6.07, 6.45) is -4.52. The molecule has 1 aromatic rings. The smallest absolute Gasteiger partial charge is 0.376 e. The van der Waals surface area contributed by atoms with Crippen LogP contribution >= 0.6 is 11.6 Å². The van der Waals surface area contributed by atoms with E-state index in [2.05, 4.69) is 10.6 Å². The molecule has 0 heterocycles. The SMILES string of the molecule is CC(C)C(C)NC(=O)CNc1ccc(Cl)c(C(F)(F)F)c1. The molecule has 0 saturated carbocycles. The molecular formula is C14H18ClF3N2O. The highest BCUT2D eigenvalue weighted by Crippen LogP contribution is 2.36. The third kappa shape index (κ3) is 5.46. The molecule has 0 spiro atoms. The Kier molecular flexibility index (Phi) is 5.89. The van der Waals surface area contributed by atoms with E-state index in [1.165, 1.54) is 6.07 Å². The Morgan fingerprint density at radius 2 is 1.90 bits per heavy atom. The Bertz CT molecular complexity index is 503. The summed E-state index contributed by atoms with van der Waals surface area (Å²) in [6, 6.07) is 3.44. The van der Waals surface area contributed by atoms with Crippen molar-refractivity contribution in [2.24, 2.45) is 5.92 Å². The van der Waals surface area contributed by atoms with Gasteiger partial charge in [-0.2, -0.15) is 13.2 Å². The van der Waals surface area contributed by atoms with Crippen molar-refractivity contribution in [3.05, 3.63) is 28.8 Å². The molecule has 0 fully saturated rings. The van der Waals surface area contributed by atoms with Gasteiger partial charge in [-0.25, -0.2) is 0 Å². The van der Waals surface area contributed by atoms with Crippen LogP contribution in [0.1, 0.15) is 26.3 Å². The zero-order chi connectivity index (χ0) is 16.2. The average molecular weight is 323 g/mol. The number of hydrogen-bond acceptors (Lipinski definition) is 2. The average Bonchev–Trinajstić information content (AvgIpc) is 2.36. The van der Waals surface area contributed by atoms with Crippen LogP contribution in [0.15, 0.2) is 18.2 Å². The highest BCUT2D eigenvalue weighted by atomic mass is 35.5. The van der Waals surface area contributed by atoms with E-state index in [1.54, 1.807) is 0 Å². The van der Waals surface area contributed by atoms with Crippen LogP contribution < -0.4 is 10.6 Å². The van der Waals surface area contributed by atoms with Crippen molar-refractivity contribution in [2.45, 2.75) is 33.0 Å². The summed E-state index contributed by atoms with van der Waals surface area (Å²) in [5.41, 5.74) is -0.732. The van der Waals surface area contributed by atoms with E-state index in [0.717, 1.165) is 12.1 Å². The number of anilines is 1. The molecule has 1 atom stereocenters. The maximum Gasteiger partial charge on any atom is 0.417 e. The fraction of sp³-hybridized carbons (Fsp3) is 0.500. The molecule has 0 aliphatic carbocycles. The van der Waals surface area contributed by atoms with Gasteiger partial charge in [0.05, 0.1) is 17.1 Å². The molecule has 1 rings (SSSR count). The highest BCUT2D eigenvalue weighted by Gasteiger charge is 2.33. The van der Waals surface area contributed by atoms with E-state index in [4.69, 9.17) is 11.6 Å². The van der Waals surface area contributed by atoms with E-state index in [-0.39, 0.29) is 35.1 Å². The zero-order valence-electron chi connectivity index (χ0n) is 12.0. The maximum atomic E-state index is 12.7. The van der Waals surface area contributed by atoms with Crippen LogP contribution in [-0.4, -0.2) is 18.5 Å². The summed E-state index contributed by atoms with van der Waals surface area (Å²) in [6.45, 7) is 5.70. The first-order valence-corrected chi connectivity index (χ1v) is 6.89. The van der Waals surface area contributed by atoms with Gasteiger partial charge in [-0.15, -0.1) is 0 Å². The van der Waals surface area contributed by atoms with Crippen molar-refractivity contribution in [1.82, 2.24) is 5.32 Å². The van der Waals surface area contributed by atoms with Gasteiger partial charge >= 0.3 is 6.18 Å². The number of rotatable bonds is 5. The summed E-state index contributed by atoms with van der Waals surface area (Å²) in [7, 11) is 0. The predicted molar refractivity (Wildman–Crippen MR) is 77.4 cm³/mol. The molecule has 1 unspecified atom stereocenters. The first-order valence-electron chi connectivity index (χ1n) is 6.51. The lowest BCUT2D eigenvalue weighted by atomic mass is 10.1. The fourth-order valence-corrected chi connectivity index (χ4v) is 1.73. The number of carbonyl (C=O) groups is 1. The molecule has 1 amide bonds. The molecule has 3 nitrogen and oxygen atoms in total. The van der Waals surface area contributed by atoms with Crippen molar-refractivity contribution in [1.29, 1.82) is 0 Å². The first kappa shape index (κ1) is 17.6. The van der Waals surface area contributed by atoms with Gasteiger partial charge in [-0.1, -0.05) is 25.4 Å². The second-order valence-corrected chi connectivity index (χ2v) is 5.55. The number of halogens is 4. The van der Waals surface area contributed by atoms with Gasteiger partial charge in [-0.3, -0.25) is 4.79 Å². The van der Waals surface area contributed by atoms with Crippen LogP contribution in [0.3, 0.4) is 0 Å². The van der Waals surface area contributed by atoms with Crippen LogP contribution in [0.2, 0.25) is 5.02 Å². The van der Waals surface area contributed by atoms with Gasteiger partial charge in [0.1, 0.15) is 0 Å². The standard InChI is InChI=1S/C14H18ClF3N2O/c1-8(2)9(3)20-13(21)7-19-10-4-5-12(15)11(6-10)14(16,17)18/h4-6,8-9,19H,7H2,1-3H3,(H,20,21). The summed E-state index contributed by atoms with van der Waals surface area (Å²) in [5, 5.41) is 5.04. The van der Waals surface area contributed by atoms with Gasteiger partial charge in [0, 0.05) is 11.7 Å². The Balaban J connectivity index is 2.66. The molecule has 0 bridgehead atoms.